The van der Waals surface area contributed by atoms with Gasteiger partial charge in [-0.05, 0) is 50.9 Å². The molecule has 166 valence electrons. The predicted octanol–water partition coefficient (Wildman–Crippen LogP) is 3.00. The van der Waals surface area contributed by atoms with E-state index in [0.717, 1.165) is 10.6 Å². The van der Waals surface area contributed by atoms with Gasteiger partial charge in [-0.2, -0.15) is 10.0 Å². The van der Waals surface area contributed by atoms with Gasteiger partial charge in [0, 0.05) is 31.9 Å². The zero-order valence-electron chi connectivity index (χ0n) is 19.1. The number of hydrogen-bond acceptors (Lipinski definition) is 6. The van der Waals surface area contributed by atoms with Crippen LogP contribution in [-0.2, 0) is 18.2 Å². The Hall–Kier alpha value is -2.99. The van der Waals surface area contributed by atoms with Crippen molar-refractivity contribution < 1.29 is 14.3 Å². The molecule has 0 unspecified atom stereocenters. The van der Waals surface area contributed by atoms with Crippen molar-refractivity contribution in [2.45, 2.75) is 32.8 Å². The maximum atomic E-state index is 13.1. The molecule has 0 fully saturated rings. The van der Waals surface area contributed by atoms with E-state index in [1.165, 1.54) is 0 Å². The Kier molecular flexibility index (Phi) is 5.80. The number of rotatable bonds is 1. The van der Waals surface area contributed by atoms with Gasteiger partial charge in [0.2, 0.25) is 5.95 Å². The van der Waals surface area contributed by atoms with E-state index in [1.807, 2.05) is 11.6 Å². The Bertz CT molecular complexity index is 1110. The number of anilines is 1. The molecule has 2 aromatic heterocycles. The van der Waals surface area contributed by atoms with E-state index >= 15 is 0 Å². The number of nitrogens with two attached hydrogens (primary N) is 1. The van der Waals surface area contributed by atoms with E-state index < -0.39 is 21.7 Å². The van der Waals surface area contributed by atoms with Crippen LogP contribution in [0.2, 0.25) is 0 Å². The first-order valence-electron chi connectivity index (χ1n) is 9.84. The quantitative estimate of drug-likeness (QED) is 0.680. The third-order valence-corrected chi connectivity index (χ3v) is 5.28. The number of aromatic nitrogens is 3. The lowest BCUT2D eigenvalue weighted by atomic mass is 10.1. The van der Waals surface area contributed by atoms with Crippen LogP contribution in [0, 0.1) is 11.2 Å². The van der Waals surface area contributed by atoms with E-state index in [-0.39, 0.29) is 18.4 Å². The number of carbonyl (C=O) groups excluding carboxylic acids is 2. The maximum absolute atomic E-state index is 13.1. The molecule has 0 saturated carbocycles. The van der Waals surface area contributed by atoms with Crippen molar-refractivity contribution in [3.63, 3.8) is 0 Å². The fraction of sp³-hybridized carbons (Fsp3) is 0.455. The molecule has 3 heterocycles. The third kappa shape index (κ3) is 5.02. The van der Waals surface area contributed by atoms with Gasteiger partial charge in [-0.1, -0.05) is 5.92 Å². The summed E-state index contributed by atoms with van der Waals surface area (Å²) < 4.78 is 7.30. The lowest BCUT2D eigenvalue weighted by Gasteiger charge is -2.28. The minimum Gasteiger partial charge on any atom is -0.443 e. The van der Waals surface area contributed by atoms with E-state index in [9.17, 15) is 9.59 Å². The molecular formula is C22H29N5O3S. The fourth-order valence-electron chi connectivity index (χ4n) is 3.20. The molecular weight excluding hydrogens is 414 g/mol. The molecule has 8 nitrogen and oxygen atoms in total. The normalized spacial score (nSPS) is 14.5. The fourth-order valence-corrected chi connectivity index (χ4v) is 3.62. The summed E-state index contributed by atoms with van der Waals surface area (Å²) in [6.45, 7) is 5.57. The Morgan fingerprint density at radius 3 is 2.58 bits per heavy atom. The molecule has 0 bridgehead atoms. The molecule has 2 N–H and O–H groups in total. The highest BCUT2D eigenvalue weighted by Crippen LogP contribution is 2.34. The number of nitrogen functional groups attached to an aromatic ring is 1. The van der Waals surface area contributed by atoms with Gasteiger partial charge in [0.25, 0.3) is 5.91 Å². The van der Waals surface area contributed by atoms with Crippen molar-refractivity contribution in [3.05, 3.63) is 29.1 Å². The van der Waals surface area contributed by atoms with E-state index in [0.29, 0.717) is 28.9 Å². The van der Waals surface area contributed by atoms with Crippen LogP contribution < -0.4 is 5.73 Å². The zero-order valence-corrected chi connectivity index (χ0v) is 19.9. The van der Waals surface area contributed by atoms with Crippen LogP contribution in [0.3, 0.4) is 0 Å². The molecule has 0 saturated heterocycles. The van der Waals surface area contributed by atoms with Crippen molar-refractivity contribution in [1.82, 2.24) is 19.4 Å². The second-order valence-corrected chi connectivity index (χ2v) is 13.1. The van der Waals surface area contributed by atoms with Crippen LogP contribution >= 0.6 is 10.0 Å². The molecule has 2 aromatic rings. The number of nitrogens with zero attached hydrogens (tertiary/aromatic N) is 4. The largest absolute Gasteiger partial charge is 0.443 e. The van der Waals surface area contributed by atoms with Gasteiger partial charge in [0.1, 0.15) is 11.3 Å². The average Bonchev–Trinajstić information content (AvgIpc) is 2.96. The van der Waals surface area contributed by atoms with E-state index in [2.05, 4.69) is 39.9 Å². The first kappa shape index (κ1) is 22.7. The number of carbonyl (C=O) groups is 2. The number of ether oxygens (including phenoxy) is 1. The standard InChI is InChI=1S/C22H29N5O3S/c1-22(2,3)30-21(29)27-10-8-16-15(19(27)28)12-17(26(16)4)18-14(9-11-31(5,6)7)13-24-20(23)25-18/h12-13H,8,10H2,1-7H3,(H2,23,24,25). The Morgan fingerprint density at radius 1 is 1.29 bits per heavy atom. The highest BCUT2D eigenvalue weighted by molar-refractivity contribution is 8.35. The van der Waals surface area contributed by atoms with Gasteiger partial charge in [-0.3, -0.25) is 4.79 Å². The van der Waals surface area contributed by atoms with Gasteiger partial charge in [-0.15, -0.1) is 0 Å². The molecule has 2 amide bonds. The van der Waals surface area contributed by atoms with Crippen molar-refractivity contribution >= 4 is 28.0 Å². The average molecular weight is 444 g/mol. The summed E-state index contributed by atoms with van der Waals surface area (Å²) in [5, 5.41) is 3.27. The second-order valence-electron chi connectivity index (χ2n) is 9.19. The summed E-state index contributed by atoms with van der Waals surface area (Å²) in [4.78, 5) is 35.2. The van der Waals surface area contributed by atoms with Crippen LogP contribution in [0.15, 0.2) is 12.3 Å². The molecule has 0 aliphatic carbocycles. The molecule has 0 atom stereocenters. The minimum atomic E-state index is -1.05. The first-order valence-corrected chi connectivity index (χ1v) is 12.7. The molecule has 31 heavy (non-hydrogen) atoms. The van der Waals surface area contributed by atoms with Gasteiger partial charge >= 0.3 is 6.09 Å². The van der Waals surface area contributed by atoms with Crippen molar-refractivity contribution in [3.8, 4) is 22.6 Å². The molecule has 9 heteroatoms. The molecule has 0 spiro atoms. The smallest absolute Gasteiger partial charge is 0.417 e. The van der Waals surface area contributed by atoms with E-state index in [4.69, 9.17) is 10.5 Å². The minimum absolute atomic E-state index is 0.129. The van der Waals surface area contributed by atoms with Crippen LogP contribution in [-0.4, -0.2) is 62.3 Å². The van der Waals surface area contributed by atoms with Crippen molar-refractivity contribution in [1.29, 1.82) is 0 Å². The van der Waals surface area contributed by atoms with Crippen LogP contribution in [0.1, 0.15) is 42.4 Å². The number of fused-ring (bicyclic) bond motifs is 1. The number of amides is 2. The van der Waals surface area contributed by atoms with Gasteiger partial charge in [0.05, 0.1) is 16.8 Å². The molecule has 0 radical (unpaired) electrons. The number of imide groups is 1. The third-order valence-electron chi connectivity index (χ3n) is 4.56. The highest BCUT2D eigenvalue weighted by Gasteiger charge is 2.35. The molecule has 0 aromatic carbocycles. The van der Waals surface area contributed by atoms with Crippen molar-refractivity contribution in [2.24, 2.45) is 7.05 Å². The van der Waals surface area contributed by atoms with E-state index in [1.54, 1.807) is 33.0 Å². The van der Waals surface area contributed by atoms with Gasteiger partial charge < -0.3 is 15.0 Å². The summed E-state index contributed by atoms with van der Waals surface area (Å²) in [5.74, 6) is 2.92. The SMILES string of the molecule is Cn1c(-c2nc(N)ncc2C#CS(C)(C)C)cc2c1CCN(C(=O)OC(C)(C)C)C2=O. The lowest BCUT2D eigenvalue weighted by Crippen LogP contribution is -2.44. The second kappa shape index (κ2) is 7.93. The van der Waals surface area contributed by atoms with Crippen LogP contribution in [0.4, 0.5) is 10.7 Å². The molecule has 1 aliphatic rings. The summed E-state index contributed by atoms with van der Waals surface area (Å²) in [6.07, 6.45) is 7.79. The Morgan fingerprint density at radius 2 is 1.97 bits per heavy atom. The van der Waals surface area contributed by atoms with Gasteiger partial charge in [0.15, 0.2) is 0 Å². The topological polar surface area (TPSA) is 103 Å². The predicted molar refractivity (Wildman–Crippen MR) is 124 cm³/mol. The van der Waals surface area contributed by atoms with Crippen molar-refractivity contribution in [2.75, 3.05) is 31.0 Å². The van der Waals surface area contributed by atoms with Gasteiger partial charge in [-0.25, -0.2) is 19.7 Å². The highest BCUT2D eigenvalue weighted by atomic mass is 32.3. The zero-order chi connectivity index (χ0) is 23.1. The summed E-state index contributed by atoms with van der Waals surface area (Å²) in [7, 11) is 0.819. The number of hydrogen-bond donors (Lipinski definition) is 1. The van der Waals surface area contributed by atoms with Crippen LogP contribution in [0.5, 0.6) is 0 Å². The lowest BCUT2D eigenvalue weighted by molar-refractivity contribution is 0.0232. The monoisotopic (exact) mass is 443 g/mol. The van der Waals surface area contributed by atoms with Crippen LogP contribution in [0.25, 0.3) is 11.4 Å². The summed E-state index contributed by atoms with van der Waals surface area (Å²) >= 11 is 0. The first-order chi connectivity index (χ1) is 14.3. The molecule has 3 rings (SSSR count). The summed E-state index contributed by atoms with van der Waals surface area (Å²) in [5.41, 5.74) is 8.37. The Balaban J connectivity index is 2.04. The maximum Gasteiger partial charge on any atom is 0.417 e. The summed E-state index contributed by atoms with van der Waals surface area (Å²) in [6, 6.07) is 1.74. The molecule has 1 aliphatic heterocycles. The Labute approximate surface area is 184 Å².